The molecule has 0 N–H and O–H groups in total. The number of carbonyl (C=O) groups excluding carboxylic acids is 2. The van der Waals surface area contributed by atoms with Crippen molar-refractivity contribution < 1.29 is 9.59 Å². The number of Topliss-reactive ketones (excluding diaryl/α,β-unsaturated/α-hetero) is 2. The molecule has 0 heterocycles. The van der Waals surface area contributed by atoms with E-state index in [0.717, 1.165) is 12.0 Å². The lowest BCUT2D eigenvalue weighted by molar-refractivity contribution is -0.145. The van der Waals surface area contributed by atoms with E-state index in [0.29, 0.717) is 31.1 Å². The summed E-state index contributed by atoms with van der Waals surface area (Å²) >= 11 is 0. The SMILES string of the molecule is C=C(C)C1CC(=O)C2CC(=O)CC(C)C2(C)C1. The third-order valence-corrected chi connectivity index (χ3v) is 5.11. The molecule has 94 valence electrons. The minimum atomic E-state index is -0.0330. The van der Waals surface area contributed by atoms with Gasteiger partial charge in [-0.3, -0.25) is 9.59 Å². The molecule has 2 fully saturated rings. The van der Waals surface area contributed by atoms with E-state index >= 15 is 0 Å². The van der Waals surface area contributed by atoms with Crippen LogP contribution in [0.5, 0.6) is 0 Å². The molecule has 0 bridgehead atoms. The molecule has 0 aliphatic heterocycles. The molecular weight excluding hydrogens is 212 g/mol. The van der Waals surface area contributed by atoms with Crippen LogP contribution in [0.15, 0.2) is 12.2 Å². The highest BCUT2D eigenvalue weighted by Crippen LogP contribution is 2.53. The summed E-state index contributed by atoms with van der Waals surface area (Å²) in [4.78, 5) is 23.9. The number of rotatable bonds is 1. The highest BCUT2D eigenvalue weighted by Gasteiger charge is 2.51. The molecule has 2 aliphatic carbocycles. The monoisotopic (exact) mass is 234 g/mol. The van der Waals surface area contributed by atoms with Gasteiger partial charge >= 0.3 is 0 Å². The fourth-order valence-corrected chi connectivity index (χ4v) is 3.62. The molecule has 2 saturated carbocycles. The summed E-state index contributed by atoms with van der Waals surface area (Å²) < 4.78 is 0. The zero-order valence-corrected chi connectivity index (χ0v) is 11.1. The van der Waals surface area contributed by atoms with Gasteiger partial charge in [0, 0.05) is 25.2 Å². The molecule has 2 heteroatoms. The third kappa shape index (κ3) is 1.98. The number of carbonyl (C=O) groups is 2. The van der Waals surface area contributed by atoms with Crippen LogP contribution in [0, 0.1) is 23.2 Å². The fraction of sp³-hybridized carbons (Fsp3) is 0.733. The van der Waals surface area contributed by atoms with E-state index in [-0.39, 0.29) is 22.9 Å². The average Bonchev–Trinajstić information content (AvgIpc) is 2.21. The standard InChI is InChI=1S/C15H22O2/c1-9(2)11-6-14(17)13-7-12(16)5-10(3)15(13,4)8-11/h10-11,13H,1,5-8H2,2-4H3. The Balaban J connectivity index is 2.31. The normalized spacial score (nSPS) is 42.2. The van der Waals surface area contributed by atoms with Crippen LogP contribution in [0.3, 0.4) is 0 Å². The molecule has 4 atom stereocenters. The lowest BCUT2D eigenvalue weighted by Gasteiger charge is -2.50. The van der Waals surface area contributed by atoms with E-state index in [1.165, 1.54) is 0 Å². The lowest BCUT2D eigenvalue weighted by Crippen LogP contribution is -2.49. The Morgan fingerprint density at radius 2 is 1.94 bits per heavy atom. The van der Waals surface area contributed by atoms with Gasteiger partial charge in [0.05, 0.1) is 0 Å². The van der Waals surface area contributed by atoms with Crippen LogP contribution in [0.4, 0.5) is 0 Å². The first kappa shape index (κ1) is 12.5. The Kier molecular flexibility index (Phi) is 3.01. The van der Waals surface area contributed by atoms with Gasteiger partial charge < -0.3 is 0 Å². The number of hydrogen-bond donors (Lipinski definition) is 0. The van der Waals surface area contributed by atoms with Crippen molar-refractivity contribution >= 4 is 11.6 Å². The topological polar surface area (TPSA) is 34.1 Å². The second kappa shape index (κ2) is 4.08. The second-order valence-electron chi connectivity index (χ2n) is 6.32. The van der Waals surface area contributed by atoms with Crippen molar-refractivity contribution in [3.8, 4) is 0 Å². The molecule has 2 aliphatic rings. The second-order valence-corrected chi connectivity index (χ2v) is 6.32. The lowest BCUT2D eigenvalue weighted by atomic mass is 9.53. The van der Waals surface area contributed by atoms with E-state index < -0.39 is 0 Å². The van der Waals surface area contributed by atoms with E-state index in [4.69, 9.17) is 0 Å². The molecule has 0 aromatic rings. The highest BCUT2D eigenvalue weighted by molar-refractivity contribution is 5.91. The van der Waals surface area contributed by atoms with E-state index in [9.17, 15) is 9.59 Å². The molecule has 17 heavy (non-hydrogen) atoms. The van der Waals surface area contributed by atoms with Gasteiger partial charge in [0.2, 0.25) is 0 Å². The maximum atomic E-state index is 12.2. The van der Waals surface area contributed by atoms with Crippen molar-refractivity contribution in [1.82, 2.24) is 0 Å². The van der Waals surface area contributed by atoms with Crippen molar-refractivity contribution in [2.75, 3.05) is 0 Å². The molecule has 0 aromatic heterocycles. The molecule has 0 spiro atoms. The number of hydrogen-bond acceptors (Lipinski definition) is 2. The molecule has 0 amide bonds. The van der Waals surface area contributed by atoms with Crippen molar-refractivity contribution in [1.29, 1.82) is 0 Å². The van der Waals surface area contributed by atoms with Crippen LogP contribution in [-0.2, 0) is 9.59 Å². The quantitative estimate of drug-likeness (QED) is 0.653. The molecule has 0 saturated heterocycles. The van der Waals surface area contributed by atoms with Crippen molar-refractivity contribution in [2.24, 2.45) is 23.2 Å². The first-order valence-corrected chi connectivity index (χ1v) is 6.54. The first-order chi connectivity index (χ1) is 7.84. The van der Waals surface area contributed by atoms with Crippen LogP contribution < -0.4 is 0 Å². The van der Waals surface area contributed by atoms with Crippen molar-refractivity contribution in [3.05, 3.63) is 12.2 Å². The van der Waals surface area contributed by atoms with Gasteiger partial charge in [-0.05, 0) is 30.6 Å². The minimum absolute atomic E-state index is 0.00681. The van der Waals surface area contributed by atoms with Gasteiger partial charge in [-0.15, -0.1) is 0 Å². The van der Waals surface area contributed by atoms with Crippen LogP contribution in [0.25, 0.3) is 0 Å². The Bertz CT molecular complexity index is 382. The highest BCUT2D eigenvalue weighted by atomic mass is 16.1. The molecular formula is C15H22O2. The van der Waals surface area contributed by atoms with Gasteiger partial charge in [0.15, 0.2) is 0 Å². The van der Waals surface area contributed by atoms with Crippen molar-refractivity contribution in [2.45, 2.75) is 46.5 Å². The van der Waals surface area contributed by atoms with Crippen LogP contribution in [0.2, 0.25) is 0 Å². The summed E-state index contributed by atoms with van der Waals surface area (Å²) in [5.41, 5.74) is 1.12. The minimum Gasteiger partial charge on any atom is -0.300 e. The predicted molar refractivity (Wildman–Crippen MR) is 67.5 cm³/mol. The molecule has 2 nitrogen and oxygen atoms in total. The number of ketones is 2. The third-order valence-electron chi connectivity index (χ3n) is 5.11. The van der Waals surface area contributed by atoms with E-state index in [2.05, 4.69) is 20.4 Å². The zero-order chi connectivity index (χ0) is 12.8. The maximum absolute atomic E-state index is 12.2. The van der Waals surface area contributed by atoms with E-state index in [1.54, 1.807) is 0 Å². The summed E-state index contributed by atoms with van der Waals surface area (Å²) in [6.45, 7) is 10.3. The molecule has 2 rings (SSSR count). The van der Waals surface area contributed by atoms with Gasteiger partial charge in [0.25, 0.3) is 0 Å². The summed E-state index contributed by atoms with van der Waals surface area (Å²) in [5.74, 6) is 1.15. The Hall–Kier alpha value is -0.920. The molecule has 0 radical (unpaired) electrons. The van der Waals surface area contributed by atoms with Crippen molar-refractivity contribution in [3.63, 3.8) is 0 Å². The van der Waals surface area contributed by atoms with Gasteiger partial charge in [-0.2, -0.15) is 0 Å². The smallest absolute Gasteiger partial charge is 0.137 e. The average molecular weight is 234 g/mol. The summed E-state index contributed by atoms with van der Waals surface area (Å²) in [6.07, 6.45) is 2.73. The summed E-state index contributed by atoms with van der Waals surface area (Å²) in [5, 5.41) is 0. The Labute approximate surface area is 103 Å². The van der Waals surface area contributed by atoms with Gasteiger partial charge in [-0.25, -0.2) is 0 Å². The summed E-state index contributed by atoms with van der Waals surface area (Å²) in [6, 6.07) is 0. The maximum Gasteiger partial charge on any atom is 0.137 e. The largest absolute Gasteiger partial charge is 0.300 e. The van der Waals surface area contributed by atoms with E-state index in [1.807, 2.05) is 6.92 Å². The van der Waals surface area contributed by atoms with Crippen LogP contribution in [0.1, 0.15) is 46.5 Å². The first-order valence-electron chi connectivity index (χ1n) is 6.54. The van der Waals surface area contributed by atoms with Gasteiger partial charge in [0.1, 0.15) is 11.6 Å². The van der Waals surface area contributed by atoms with Crippen LogP contribution in [-0.4, -0.2) is 11.6 Å². The fourth-order valence-electron chi connectivity index (χ4n) is 3.62. The number of fused-ring (bicyclic) bond motifs is 1. The molecule has 0 aromatic carbocycles. The zero-order valence-electron chi connectivity index (χ0n) is 11.1. The Morgan fingerprint density at radius 3 is 2.53 bits per heavy atom. The van der Waals surface area contributed by atoms with Crippen LogP contribution >= 0.6 is 0 Å². The Morgan fingerprint density at radius 1 is 1.29 bits per heavy atom. The predicted octanol–water partition coefficient (Wildman–Crippen LogP) is 3.16. The number of allylic oxidation sites excluding steroid dienone is 1. The van der Waals surface area contributed by atoms with Gasteiger partial charge in [-0.1, -0.05) is 26.0 Å². The summed E-state index contributed by atoms with van der Waals surface area (Å²) in [7, 11) is 0. The molecule has 4 unspecified atom stereocenters.